The molecule has 0 heterocycles. The van der Waals surface area contributed by atoms with Gasteiger partial charge in [0.15, 0.2) is 0 Å². The molecule has 0 saturated heterocycles. The van der Waals surface area contributed by atoms with Crippen LogP contribution < -0.4 is 5.32 Å². The fraction of sp³-hybridized carbons (Fsp3) is 0.500. The van der Waals surface area contributed by atoms with Gasteiger partial charge in [-0.15, -0.1) is 0 Å². The Morgan fingerprint density at radius 3 is 2.76 bits per heavy atom. The van der Waals surface area contributed by atoms with E-state index < -0.39 is 5.97 Å². The van der Waals surface area contributed by atoms with Crippen molar-refractivity contribution in [1.29, 1.82) is 5.26 Å². The summed E-state index contributed by atoms with van der Waals surface area (Å²) in [7, 11) is 0. The summed E-state index contributed by atoms with van der Waals surface area (Å²) in [6, 6.07) is 6.15. The maximum atomic E-state index is 13.2. The Bertz CT molecular complexity index is 536. The highest BCUT2D eigenvalue weighted by atomic mass is 19.1. The second-order valence-corrected chi connectivity index (χ2v) is 5.90. The fourth-order valence-corrected chi connectivity index (χ4v) is 2.04. The number of nitrogens with zero attached hydrogens (tertiary/aromatic N) is 1. The van der Waals surface area contributed by atoms with E-state index in [9.17, 15) is 9.18 Å². The van der Waals surface area contributed by atoms with Crippen molar-refractivity contribution >= 4 is 5.97 Å². The average Bonchev–Trinajstić information content (AvgIpc) is 2.42. The van der Waals surface area contributed by atoms with E-state index in [0.29, 0.717) is 30.6 Å². The topological polar surface area (TPSA) is 73.1 Å². The molecule has 0 fully saturated rings. The van der Waals surface area contributed by atoms with Gasteiger partial charge in [-0.2, -0.15) is 5.26 Å². The minimum absolute atomic E-state index is 0.0641. The second kappa shape index (κ2) is 7.75. The van der Waals surface area contributed by atoms with E-state index in [0.717, 1.165) is 6.42 Å². The Hall–Kier alpha value is -1.93. The van der Waals surface area contributed by atoms with Crippen LogP contribution in [-0.4, -0.2) is 17.6 Å². The quantitative estimate of drug-likeness (QED) is 0.722. The van der Waals surface area contributed by atoms with E-state index in [4.69, 9.17) is 10.4 Å². The Balaban J connectivity index is 2.42. The lowest BCUT2D eigenvalue weighted by Crippen LogP contribution is -2.23. The normalized spacial score (nSPS) is 11.1. The van der Waals surface area contributed by atoms with Crippen LogP contribution in [0, 0.1) is 22.6 Å². The van der Waals surface area contributed by atoms with Crippen molar-refractivity contribution in [2.24, 2.45) is 5.41 Å². The summed E-state index contributed by atoms with van der Waals surface area (Å²) < 4.78 is 13.2. The van der Waals surface area contributed by atoms with Gasteiger partial charge in [0.25, 0.3) is 0 Å². The van der Waals surface area contributed by atoms with Gasteiger partial charge in [0.1, 0.15) is 5.82 Å². The second-order valence-electron chi connectivity index (χ2n) is 5.90. The zero-order valence-electron chi connectivity index (χ0n) is 12.4. The molecule has 0 aliphatic rings. The molecule has 0 spiro atoms. The number of carbonyl (C=O) groups is 1. The summed E-state index contributed by atoms with van der Waals surface area (Å²) >= 11 is 0. The number of nitriles is 1. The summed E-state index contributed by atoms with van der Waals surface area (Å²) in [4.78, 5) is 10.6. The molecule has 5 heteroatoms. The molecular weight excluding hydrogens is 271 g/mol. The van der Waals surface area contributed by atoms with Crippen LogP contribution >= 0.6 is 0 Å². The molecule has 114 valence electrons. The molecule has 0 bridgehead atoms. The number of aliphatic carboxylic acids is 1. The average molecular weight is 292 g/mol. The molecule has 0 aliphatic heterocycles. The standard InChI is InChI=1S/C16H21FN2O2/c1-16(2,6-5-15(20)21)7-8-19-11-13-9-14(17)4-3-12(13)10-18/h3-4,9,19H,5-8,11H2,1-2H3,(H,20,21). The van der Waals surface area contributed by atoms with Crippen LogP contribution in [0.5, 0.6) is 0 Å². The molecule has 1 aromatic carbocycles. The predicted octanol–water partition coefficient (Wildman–Crippen LogP) is 3.07. The Morgan fingerprint density at radius 1 is 1.43 bits per heavy atom. The van der Waals surface area contributed by atoms with Crippen LogP contribution in [0.15, 0.2) is 18.2 Å². The van der Waals surface area contributed by atoms with Gasteiger partial charge in [0.2, 0.25) is 0 Å². The number of benzene rings is 1. The monoisotopic (exact) mass is 292 g/mol. The van der Waals surface area contributed by atoms with Crippen LogP contribution in [0.2, 0.25) is 0 Å². The van der Waals surface area contributed by atoms with Crippen molar-refractivity contribution in [3.8, 4) is 6.07 Å². The highest BCUT2D eigenvalue weighted by molar-refractivity contribution is 5.66. The van der Waals surface area contributed by atoms with Gasteiger partial charge >= 0.3 is 5.97 Å². The first-order chi connectivity index (χ1) is 9.84. The van der Waals surface area contributed by atoms with Crippen molar-refractivity contribution in [2.45, 2.75) is 39.7 Å². The third-order valence-electron chi connectivity index (χ3n) is 3.50. The zero-order chi connectivity index (χ0) is 15.9. The molecule has 4 nitrogen and oxygen atoms in total. The van der Waals surface area contributed by atoms with Gasteiger partial charge in [-0.25, -0.2) is 4.39 Å². The van der Waals surface area contributed by atoms with E-state index in [2.05, 4.69) is 5.32 Å². The number of nitrogens with one attached hydrogen (secondary N) is 1. The van der Waals surface area contributed by atoms with E-state index in [1.54, 1.807) is 0 Å². The number of halogens is 1. The molecule has 0 radical (unpaired) electrons. The Morgan fingerprint density at radius 2 is 2.14 bits per heavy atom. The van der Waals surface area contributed by atoms with Gasteiger partial charge in [-0.05, 0) is 48.6 Å². The molecule has 0 saturated carbocycles. The molecule has 0 aromatic heterocycles. The number of carboxylic acids is 1. The van der Waals surface area contributed by atoms with Gasteiger partial charge in [-0.1, -0.05) is 13.8 Å². The fourth-order valence-electron chi connectivity index (χ4n) is 2.04. The third kappa shape index (κ3) is 6.37. The van der Waals surface area contributed by atoms with Crippen LogP contribution in [0.25, 0.3) is 0 Å². The van der Waals surface area contributed by atoms with E-state index in [1.807, 2.05) is 19.9 Å². The first kappa shape index (κ1) is 17.1. The number of hydrogen-bond acceptors (Lipinski definition) is 3. The van der Waals surface area contributed by atoms with Crippen LogP contribution in [0.1, 0.15) is 44.2 Å². The van der Waals surface area contributed by atoms with Crippen molar-refractivity contribution in [3.63, 3.8) is 0 Å². The van der Waals surface area contributed by atoms with Gasteiger partial charge in [-0.3, -0.25) is 4.79 Å². The third-order valence-corrected chi connectivity index (χ3v) is 3.50. The first-order valence-electron chi connectivity index (χ1n) is 6.95. The van der Waals surface area contributed by atoms with Gasteiger partial charge < -0.3 is 10.4 Å². The summed E-state index contributed by atoms with van der Waals surface area (Å²) in [5.41, 5.74) is 1.04. The summed E-state index contributed by atoms with van der Waals surface area (Å²) in [5.74, 6) is -1.14. The molecule has 0 amide bonds. The lowest BCUT2D eigenvalue weighted by Gasteiger charge is -2.24. The highest BCUT2D eigenvalue weighted by Crippen LogP contribution is 2.26. The lowest BCUT2D eigenvalue weighted by atomic mass is 9.84. The van der Waals surface area contributed by atoms with Crippen molar-refractivity contribution in [2.75, 3.05) is 6.54 Å². The predicted molar refractivity (Wildman–Crippen MR) is 78.1 cm³/mol. The molecule has 0 atom stereocenters. The van der Waals surface area contributed by atoms with Crippen LogP contribution in [-0.2, 0) is 11.3 Å². The van der Waals surface area contributed by atoms with Crippen molar-refractivity contribution < 1.29 is 14.3 Å². The smallest absolute Gasteiger partial charge is 0.303 e. The Labute approximate surface area is 124 Å². The minimum atomic E-state index is -0.783. The zero-order valence-corrected chi connectivity index (χ0v) is 12.4. The molecule has 0 unspecified atom stereocenters. The van der Waals surface area contributed by atoms with E-state index in [-0.39, 0.29) is 17.7 Å². The number of carboxylic acid groups (broad SMARTS) is 1. The molecule has 1 aromatic rings. The molecular formula is C16H21FN2O2. The van der Waals surface area contributed by atoms with Crippen LogP contribution in [0.3, 0.4) is 0 Å². The maximum absolute atomic E-state index is 13.2. The highest BCUT2D eigenvalue weighted by Gasteiger charge is 2.18. The summed E-state index contributed by atoms with van der Waals surface area (Å²) in [6.45, 7) is 5.17. The lowest BCUT2D eigenvalue weighted by molar-refractivity contribution is -0.137. The number of hydrogen-bond donors (Lipinski definition) is 2. The first-order valence-corrected chi connectivity index (χ1v) is 6.95. The van der Waals surface area contributed by atoms with E-state index >= 15 is 0 Å². The van der Waals surface area contributed by atoms with Gasteiger partial charge in [0, 0.05) is 13.0 Å². The van der Waals surface area contributed by atoms with Crippen molar-refractivity contribution in [3.05, 3.63) is 35.1 Å². The molecule has 21 heavy (non-hydrogen) atoms. The summed E-state index contributed by atoms with van der Waals surface area (Å²) in [5, 5.41) is 20.8. The Kier molecular flexibility index (Phi) is 6.32. The molecule has 2 N–H and O–H groups in total. The SMILES string of the molecule is CC(C)(CCNCc1cc(F)ccc1C#N)CCC(=O)O. The van der Waals surface area contributed by atoms with Gasteiger partial charge in [0.05, 0.1) is 11.6 Å². The molecule has 0 aliphatic carbocycles. The van der Waals surface area contributed by atoms with Crippen molar-refractivity contribution in [1.82, 2.24) is 5.32 Å². The number of rotatable bonds is 8. The minimum Gasteiger partial charge on any atom is -0.481 e. The van der Waals surface area contributed by atoms with E-state index in [1.165, 1.54) is 18.2 Å². The largest absolute Gasteiger partial charge is 0.481 e. The summed E-state index contributed by atoms with van der Waals surface area (Å²) in [6.07, 6.45) is 1.60. The van der Waals surface area contributed by atoms with Crippen LogP contribution in [0.4, 0.5) is 4.39 Å². The molecule has 1 rings (SSSR count). The maximum Gasteiger partial charge on any atom is 0.303 e.